The second-order valence-electron chi connectivity index (χ2n) is 5.74. The highest BCUT2D eigenvalue weighted by Gasteiger charge is 2.47. The molecule has 1 N–H and O–H groups in total. The van der Waals surface area contributed by atoms with Crippen LogP contribution in [0.3, 0.4) is 0 Å². The van der Waals surface area contributed by atoms with Gasteiger partial charge in [0, 0.05) is 5.92 Å². The average molecular weight is 393 g/mol. The molecule has 2 aromatic carbocycles. The molecule has 2 aromatic rings. The van der Waals surface area contributed by atoms with Crippen LogP contribution in [-0.2, 0) is 10.0 Å². The summed E-state index contributed by atoms with van der Waals surface area (Å²) < 4.78 is 63.7. The summed E-state index contributed by atoms with van der Waals surface area (Å²) in [5, 5.41) is 0. The van der Waals surface area contributed by atoms with E-state index < -0.39 is 27.5 Å². The topological polar surface area (TPSA) is 54.9 Å². The molecular formula is C18H14F3N3O2S. The first-order valence-corrected chi connectivity index (χ1v) is 9.11. The van der Waals surface area contributed by atoms with Crippen LogP contribution in [0, 0.1) is 13.1 Å². The van der Waals surface area contributed by atoms with Crippen molar-refractivity contribution in [3.05, 3.63) is 82.5 Å². The third-order valence-electron chi connectivity index (χ3n) is 4.02. The fourth-order valence-corrected chi connectivity index (χ4v) is 3.30. The predicted octanol–water partition coefficient (Wildman–Crippen LogP) is 5.07. The minimum Gasteiger partial charge on any atom is -0.238 e. The number of nitrogens with zero attached hydrogens (tertiary/aromatic N) is 2. The van der Waals surface area contributed by atoms with Crippen LogP contribution in [0.15, 0.2) is 48.5 Å². The average Bonchev–Trinajstić information content (AvgIpc) is 2.65. The van der Waals surface area contributed by atoms with E-state index in [1.165, 1.54) is 36.4 Å². The minimum absolute atomic E-state index is 0.283. The van der Waals surface area contributed by atoms with E-state index in [9.17, 15) is 21.6 Å². The Morgan fingerprint density at radius 2 is 1.30 bits per heavy atom. The molecule has 27 heavy (non-hydrogen) atoms. The minimum atomic E-state index is -5.59. The number of sulfonamides is 1. The highest BCUT2D eigenvalue weighted by atomic mass is 32.2. The van der Waals surface area contributed by atoms with Gasteiger partial charge in [-0.3, -0.25) is 0 Å². The summed E-state index contributed by atoms with van der Waals surface area (Å²) in [7, 11) is -5.59. The zero-order valence-electron chi connectivity index (χ0n) is 14.0. The van der Waals surface area contributed by atoms with E-state index in [-0.39, 0.29) is 11.3 Å². The zero-order chi connectivity index (χ0) is 20.2. The van der Waals surface area contributed by atoms with Crippen LogP contribution in [0.25, 0.3) is 9.69 Å². The molecule has 0 amide bonds. The molecule has 0 heterocycles. The lowest BCUT2D eigenvalue weighted by molar-refractivity contribution is -0.0451. The van der Waals surface area contributed by atoms with Crippen LogP contribution in [-0.4, -0.2) is 13.9 Å². The van der Waals surface area contributed by atoms with Gasteiger partial charge in [-0.1, -0.05) is 55.5 Å². The predicted molar refractivity (Wildman–Crippen MR) is 94.7 cm³/mol. The first kappa shape index (κ1) is 20.4. The third-order valence-corrected chi connectivity index (χ3v) is 5.19. The van der Waals surface area contributed by atoms with Gasteiger partial charge in [-0.15, -0.1) is 0 Å². The maximum atomic E-state index is 12.9. The first-order chi connectivity index (χ1) is 12.6. The van der Waals surface area contributed by atoms with Crippen LogP contribution < -0.4 is 4.72 Å². The second kappa shape index (κ2) is 7.78. The van der Waals surface area contributed by atoms with Crippen LogP contribution in [0.4, 0.5) is 24.5 Å². The van der Waals surface area contributed by atoms with Gasteiger partial charge in [-0.2, -0.15) is 17.9 Å². The Hall–Kier alpha value is -2.88. The van der Waals surface area contributed by atoms with Crippen molar-refractivity contribution in [2.45, 2.75) is 24.4 Å². The van der Waals surface area contributed by atoms with Gasteiger partial charge in [0.15, 0.2) is 11.4 Å². The number of hydrogen-bond donors (Lipinski definition) is 1. The maximum absolute atomic E-state index is 12.9. The molecule has 2 rings (SSSR count). The van der Waals surface area contributed by atoms with E-state index in [1.807, 2.05) is 0 Å². The molecule has 0 bridgehead atoms. The van der Waals surface area contributed by atoms with Gasteiger partial charge < -0.3 is 0 Å². The Morgan fingerprint density at radius 3 is 1.67 bits per heavy atom. The molecule has 0 saturated carbocycles. The van der Waals surface area contributed by atoms with Crippen LogP contribution in [0.2, 0.25) is 0 Å². The van der Waals surface area contributed by atoms with Crippen LogP contribution >= 0.6 is 0 Å². The highest BCUT2D eigenvalue weighted by molar-refractivity contribution is 7.90. The molecule has 0 unspecified atom stereocenters. The molecular weight excluding hydrogens is 379 g/mol. The van der Waals surface area contributed by atoms with Gasteiger partial charge in [0.25, 0.3) is 0 Å². The van der Waals surface area contributed by atoms with Gasteiger partial charge in [0.2, 0.25) is 0 Å². The molecule has 0 aliphatic heterocycles. The summed E-state index contributed by atoms with van der Waals surface area (Å²) in [5.74, 6) is -0.666. The number of hydrogen-bond acceptors (Lipinski definition) is 2. The van der Waals surface area contributed by atoms with Crippen LogP contribution in [0.1, 0.15) is 30.0 Å². The molecule has 0 spiro atoms. The van der Waals surface area contributed by atoms with Crippen molar-refractivity contribution in [1.29, 1.82) is 0 Å². The normalized spacial score (nSPS) is 14.0. The lowest BCUT2D eigenvalue weighted by atomic mass is 9.89. The number of alkyl halides is 3. The van der Waals surface area contributed by atoms with E-state index >= 15 is 0 Å². The van der Waals surface area contributed by atoms with Gasteiger partial charge >= 0.3 is 15.5 Å². The van der Waals surface area contributed by atoms with E-state index in [0.717, 1.165) is 0 Å². The van der Waals surface area contributed by atoms with E-state index in [1.54, 1.807) is 23.8 Å². The number of rotatable bonds is 5. The van der Waals surface area contributed by atoms with Crippen molar-refractivity contribution in [2.24, 2.45) is 0 Å². The first-order valence-electron chi connectivity index (χ1n) is 7.62. The van der Waals surface area contributed by atoms with Crippen molar-refractivity contribution in [3.8, 4) is 0 Å². The monoisotopic (exact) mass is 393 g/mol. The van der Waals surface area contributed by atoms with Gasteiger partial charge in [-0.05, 0) is 11.1 Å². The molecule has 0 saturated heterocycles. The number of halogens is 3. The molecule has 2 atom stereocenters. The zero-order valence-corrected chi connectivity index (χ0v) is 14.8. The fourth-order valence-electron chi connectivity index (χ4n) is 2.49. The Labute approximate surface area is 155 Å². The van der Waals surface area contributed by atoms with Gasteiger partial charge in [-0.25, -0.2) is 18.1 Å². The van der Waals surface area contributed by atoms with Crippen molar-refractivity contribution in [3.63, 3.8) is 0 Å². The maximum Gasteiger partial charge on any atom is 0.511 e. The summed E-state index contributed by atoms with van der Waals surface area (Å²) in [6, 6.07) is 10.6. The van der Waals surface area contributed by atoms with Crippen molar-refractivity contribution in [2.75, 3.05) is 0 Å². The standard InChI is InChI=1S/C18H14F3N3O2S/c1-12(13-4-8-15(22-2)9-5-13)17(24-27(25,26)18(19,20)21)14-6-10-16(23-3)11-7-14/h4-12,17,24H,1H3/t12-,17+/m1/s1. The molecule has 0 aliphatic carbocycles. The van der Waals surface area contributed by atoms with Crippen molar-refractivity contribution >= 4 is 21.4 Å². The smallest absolute Gasteiger partial charge is 0.238 e. The summed E-state index contributed by atoms with van der Waals surface area (Å²) in [6.45, 7) is 15.5. The van der Waals surface area contributed by atoms with E-state index in [2.05, 4.69) is 9.69 Å². The summed E-state index contributed by atoms with van der Waals surface area (Å²) in [4.78, 5) is 6.46. The summed E-state index contributed by atoms with van der Waals surface area (Å²) >= 11 is 0. The number of nitrogens with one attached hydrogen (secondary N) is 1. The Bertz CT molecular complexity index is 987. The molecule has 9 heteroatoms. The SMILES string of the molecule is [C-]#[N+]c1ccc([C@@H](C)[C@H](NS(=O)(=O)C(F)(F)F)c2ccc([N+]#[C-])cc2)cc1. The lowest BCUT2D eigenvalue weighted by Crippen LogP contribution is -2.40. The molecule has 0 aromatic heterocycles. The lowest BCUT2D eigenvalue weighted by Gasteiger charge is -2.26. The Balaban J connectivity index is 2.47. The largest absolute Gasteiger partial charge is 0.511 e. The molecule has 5 nitrogen and oxygen atoms in total. The summed E-state index contributed by atoms with van der Waals surface area (Å²) in [5.41, 5.74) is -3.96. The Kier molecular flexibility index (Phi) is 5.89. The fraction of sp³-hybridized carbons (Fsp3) is 0.222. The van der Waals surface area contributed by atoms with E-state index in [0.29, 0.717) is 11.3 Å². The van der Waals surface area contributed by atoms with Crippen molar-refractivity contribution in [1.82, 2.24) is 4.72 Å². The molecule has 0 radical (unpaired) electrons. The van der Waals surface area contributed by atoms with Gasteiger partial charge in [0.05, 0.1) is 19.2 Å². The van der Waals surface area contributed by atoms with E-state index in [4.69, 9.17) is 13.1 Å². The Morgan fingerprint density at radius 1 is 0.889 bits per heavy atom. The van der Waals surface area contributed by atoms with Crippen molar-refractivity contribution < 1.29 is 21.6 Å². The molecule has 0 fully saturated rings. The third kappa shape index (κ3) is 4.64. The summed E-state index contributed by atoms with van der Waals surface area (Å²) in [6.07, 6.45) is 0. The van der Waals surface area contributed by atoms with Crippen LogP contribution in [0.5, 0.6) is 0 Å². The second-order valence-corrected chi connectivity index (χ2v) is 7.45. The molecule has 140 valence electrons. The number of benzene rings is 2. The highest BCUT2D eigenvalue weighted by Crippen LogP contribution is 2.35. The quantitative estimate of drug-likeness (QED) is 0.721. The van der Waals surface area contributed by atoms with Gasteiger partial charge in [0.1, 0.15) is 0 Å². The molecule has 0 aliphatic rings.